The standard InChI is InChI=1S/C15H21N5O2/c1-3-5-11-8-12(10-17-19-16)18-14(9-11)20-7-4-6-13(20)15(21)22-2/h8-9,13H,3-7,10H2,1-2H3/t13-/m0/s1. The number of pyridine rings is 1. The van der Waals surface area contributed by atoms with Gasteiger partial charge in [-0.2, -0.15) is 0 Å². The van der Waals surface area contributed by atoms with E-state index in [1.807, 2.05) is 17.0 Å². The number of carbonyl (C=O) groups excluding carboxylic acids is 1. The summed E-state index contributed by atoms with van der Waals surface area (Å²) in [6.07, 6.45) is 3.66. The lowest BCUT2D eigenvalue weighted by Gasteiger charge is -2.24. The molecule has 22 heavy (non-hydrogen) atoms. The molecule has 1 atom stereocenters. The molecule has 0 spiro atoms. The summed E-state index contributed by atoms with van der Waals surface area (Å²) in [4.78, 5) is 21.2. The van der Waals surface area contributed by atoms with Gasteiger partial charge in [-0.25, -0.2) is 9.78 Å². The SMILES string of the molecule is CCCc1cc(CN=[N+]=[N-])nc(N2CCC[C@H]2C(=O)OC)c1. The van der Waals surface area contributed by atoms with Crippen molar-refractivity contribution in [3.8, 4) is 0 Å². The third kappa shape index (κ3) is 3.68. The first-order valence-corrected chi connectivity index (χ1v) is 7.54. The van der Waals surface area contributed by atoms with Gasteiger partial charge in [-0.05, 0) is 42.5 Å². The predicted molar refractivity (Wildman–Crippen MR) is 83.5 cm³/mol. The van der Waals surface area contributed by atoms with Crippen molar-refractivity contribution < 1.29 is 9.53 Å². The summed E-state index contributed by atoms with van der Waals surface area (Å²) >= 11 is 0. The van der Waals surface area contributed by atoms with Gasteiger partial charge in [0.05, 0.1) is 13.7 Å². The summed E-state index contributed by atoms with van der Waals surface area (Å²) in [5.74, 6) is 0.541. The zero-order valence-electron chi connectivity index (χ0n) is 13.0. The van der Waals surface area contributed by atoms with Gasteiger partial charge in [0.2, 0.25) is 0 Å². The van der Waals surface area contributed by atoms with Gasteiger partial charge < -0.3 is 9.64 Å². The fourth-order valence-electron chi connectivity index (χ4n) is 2.82. The van der Waals surface area contributed by atoms with Crippen molar-refractivity contribution in [3.63, 3.8) is 0 Å². The molecule has 0 saturated carbocycles. The average Bonchev–Trinajstić information content (AvgIpc) is 3.02. The summed E-state index contributed by atoms with van der Waals surface area (Å²) in [5, 5.41) is 3.59. The minimum atomic E-state index is -0.276. The largest absolute Gasteiger partial charge is 0.467 e. The number of aromatic nitrogens is 1. The molecule has 1 aromatic rings. The highest BCUT2D eigenvalue weighted by atomic mass is 16.5. The fourth-order valence-corrected chi connectivity index (χ4v) is 2.82. The Labute approximate surface area is 129 Å². The van der Waals surface area contributed by atoms with Gasteiger partial charge in [0.15, 0.2) is 0 Å². The maximum absolute atomic E-state index is 11.9. The predicted octanol–water partition coefficient (Wildman–Crippen LogP) is 2.99. The molecule has 0 amide bonds. The summed E-state index contributed by atoms with van der Waals surface area (Å²) in [5.41, 5.74) is 10.4. The van der Waals surface area contributed by atoms with Crippen LogP contribution >= 0.6 is 0 Å². The molecule has 0 aromatic carbocycles. The zero-order chi connectivity index (χ0) is 15.9. The Morgan fingerprint density at radius 1 is 1.59 bits per heavy atom. The first-order valence-electron chi connectivity index (χ1n) is 7.54. The summed E-state index contributed by atoms with van der Waals surface area (Å²) in [6.45, 7) is 3.11. The van der Waals surface area contributed by atoms with Gasteiger partial charge in [0, 0.05) is 17.2 Å². The molecule has 1 aromatic heterocycles. The van der Waals surface area contributed by atoms with E-state index in [9.17, 15) is 4.79 Å². The quantitative estimate of drug-likeness (QED) is 0.349. The molecule has 0 N–H and O–H groups in total. The van der Waals surface area contributed by atoms with E-state index in [0.29, 0.717) is 0 Å². The second-order valence-corrected chi connectivity index (χ2v) is 5.34. The van der Waals surface area contributed by atoms with Gasteiger partial charge in [-0.3, -0.25) is 0 Å². The smallest absolute Gasteiger partial charge is 0.328 e. The Balaban J connectivity index is 2.33. The van der Waals surface area contributed by atoms with Gasteiger partial charge in [-0.1, -0.05) is 18.5 Å². The summed E-state index contributed by atoms with van der Waals surface area (Å²) in [7, 11) is 1.41. The van der Waals surface area contributed by atoms with Crippen molar-refractivity contribution in [3.05, 3.63) is 33.8 Å². The maximum atomic E-state index is 11.9. The number of carbonyl (C=O) groups is 1. The molecule has 1 saturated heterocycles. The second kappa shape index (κ2) is 7.66. The summed E-state index contributed by atoms with van der Waals surface area (Å²) in [6, 6.07) is 3.71. The third-order valence-electron chi connectivity index (χ3n) is 3.78. The number of azide groups is 1. The van der Waals surface area contributed by atoms with Crippen LogP contribution in [0.1, 0.15) is 37.4 Å². The number of nitrogens with zero attached hydrogens (tertiary/aromatic N) is 5. The van der Waals surface area contributed by atoms with E-state index in [-0.39, 0.29) is 18.6 Å². The lowest BCUT2D eigenvalue weighted by Crippen LogP contribution is -2.37. The molecule has 0 bridgehead atoms. The van der Waals surface area contributed by atoms with Crippen LogP contribution < -0.4 is 4.90 Å². The molecule has 0 unspecified atom stereocenters. The van der Waals surface area contributed by atoms with Gasteiger partial charge in [0.1, 0.15) is 11.9 Å². The van der Waals surface area contributed by atoms with Crippen LogP contribution in [0, 0.1) is 0 Å². The minimum absolute atomic E-state index is 0.220. The van der Waals surface area contributed by atoms with E-state index in [0.717, 1.165) is 49.3 Å². The summed E-state index contributed by atoms with van der Waals surface area (Å²) < 4.78 is 4.88. The number of hydrogen-bond donors (Lipinski definition) is 0. The Kier molecular flexibility index (Phi) is 5.61. The molecule has 7 heteroatoms. The lowest BCUT2D eigenvalue weighted by molar-refractivity contribution is -0.141. The van der Waals surface area contributed by atoms with Crippen LogP contribution in [0.2, 0.25) is 0 Å². The maximum Gasteiger partial charge on any atom is 0.328 e. The first kappa shape index (κ1) is 16.1. The Morgan fingerprint density at radius 2 is 2.41 bits per heavy atom. The van der Waals surface area contributed by atoms with Crippen LogP contribution in [0.5, 0.6) is 0 Å². The van der Waals surface area contributed by atoms with Crippen molar-refractivity contribution in [2.45, 2.75) is 45.2 Å². The zero-order valence-corrected chi connectivity index (χ0v) is 13.0. The van der Waals surface area contributed by atoms with Crippen molar-refractivity contribution in [2.24, 2.45) is 5.11 Å². The van der Waals surface area contributed by atoms with Crippen molar-refractivity contribution >= 4 is 11.8 Å². The highest BCUT2D eigenvalue weighted by molar-refractivity contribution is 5.80. The Hall–Kier alpha value is -2.27. The van der Waals surface area contributed by atoms with E-state index >= 15 is 0 Å². The number of methoxy groups -OCH3 is 1. The number of rotatable bonds is 6. The van der Waals surface area contributed by atoms with Gasteiger partial charge in [0.25, 0.3) is 0 Å². The molecule has 2 rings (SSSR count). The van der Waals surface area contributed by atoms with Gasteiger partial charge >= 0.3 is 5.97 Å². The monoisotopic (exact) mass is 303 g/mol. The van der Waals surface area contributed by atoms with Crippen LogP contribution in [0.4, 0.5) is 5.82 Å². The molecular weight excluding hydrogens is 282 g/mol. The van der Waals surface area contributed by atoms with Crippen molar-refractivity contribution in [2.75, 3.05) is 18.6 Å². The van der Waals surface area contributed by atoms with Crippen LogP contribution in [0.3, 0.4) is 0 Å². The number of esters is 1. The number of aryl methyl sites for hydroxylation is 1. The van der Waals surface area contributed by atoms with Crippen molar-refractivity contribution in [1.82, 2.24) is 4.98 Å². The van der Waals surface area contributed by atoms with E-state index in [2.05, 4.69) is 21.9 Å². The molecule has 0 aliphatic carbocycles. The fraction of sp³-hybridized carbons (Fsp3) is 0.600. The minimum Gasteiger partial charge on any atom is -0.467 e. The average molecular weight is 303 g/mol. The molecule has 7 nitrogen and oxygen atoms in total. The van der Waals surface area contributed by atoms with E-state index in [4.69, 9.17) is 10.3 Å². The van der Waals surface area contributed by atoms with Crippen LogP contribution in [0.15, 0.2) is 17.2 Å². The second-order valence-electron chi connectivity index (χ2n) is 5.34. The highest BCUT2D eigenvalue weighted by Gasteiger charge is 2.32. The number of ether oxygens (including phenoxy) is 1. The topological polar surface area (TPSA) is 91.2 Å². The number of hydrogen-bond acceptors (Lipinski definition) is 5. The molecule has 2 heterocycles. The normalized spacial score (nSPS) is 17.2. The van der Waals surface area contributed by atoms with Crippen molar-refractivity contribution in [1.29, 1.82) is 0 Å². The number of anilines is 1. The Morgan fingerprint density at radius 3 is 3.09 bits per heavy atom. The Bertz CT molecular complexity index is 583. The molecule has 1 aliphatic heterocycles. The molecule has 0 radical (unpaired) electrons. The third-order valence-corrected chi connectivity index (χ3v) is 3.78. The van der Waals surface area contributed by atoms with Crippen LogP contribution in [0.25, 0.3) is 10.4 Å². The molecule has 118 valence electrons. The van der Waals surface area contributed by atoms with Gasteiger partial charge in [-0.15, -0.1) is 0 Å². The van der Waals surface area contributed by atoms with E-state index in [1.165, 1.54) is 7.11 Å². The van der Waals surface area contributed by atoms with E-state index < -0.39 is 0 Å². The highest BCUT2D eigenvalue weighted by Crippen LogP contribution is 2.26. The molecule has 1 aliphatic rings. The molecular formula is C15H21N5O2. The first-order chi connectivity index (χ1) is 10.7. The lowest BCUT2D eigenvalue weighted by atomic mass is 10.1. The van der Waals surface area contributed by atoms with Crippen LogP contribution in [-0.4, -0.2) is 30.6 Å². The van der Waals surface area contributed by atoms with E-state index in [1.54, 1.807) is 0 Å². The molecule has 1 fully saturated rings. The van der Waals surface area contributed by atoms with Crippen LogP contribution in [-0.2, 0) is 22.5 Å².